The molecule has 0 heterocycles. The van der Waals surface area contributed by atoms with Gasteiger partial charge in [-0.2, -0.15) is 0 Å². The van der Waals surface area contributed by atoms with E-state index in [2.05, 4.69) is 0 Å². The molecule has 4 nitrogen and oxygen atoms in total. The van der Waals surface area contributed by atoms with Crippen molar-refractivity contribution >= 4 is 6.03 Å². The van der Waals surface area contributed by atoms with Gasteiger partial charge in [-0.25, -0.2) is 4.79 Å². The minimum atomic E-state index is -0.417. The summed E-state index contributed by atoms with van der Waals surface area (Å²) in [6, 6.07) is -0.417. The van der Waals surface area contributed by atoms with Crippen molar-refractivity contribution in [1.29, 1.82) is 0 Å². The number of carbonyl (C=O) groups is 1. The number of hydrogen-bond donors (Lipinski definition) is 1. The maximum Gasteiger partial charge on any atom is 0.314 e. The predicted molar refractivity (Wildman–Crippen MR) is 38.7 cm³/mol. The molecular weight excluding hydrogens is 132 g/mol. The van der Waals surface area contributed by atoms with Crippen LogP contribution in [0.4, 0.5) is 4.79 Å². The van der Waals surface area contributed by atoms with Crippen LogP contribution in [0, 0.1) is 0 Å². The summed E-state index contributed by atoms with van der Waals surface area (Å²) >= 11 is 0. The molecule has 0 radical (unpaired) electrons. The van der Waals surface area contributed by atoms with Gasteiger partial charge >= 0.3 is 6.03 Å². The molecule has 0 spiro atoms. The zero-order valence-corrected chi connectivity index (χ0v) is 6.46. The monoisotopic (exact) mass is 146 g/mol. The molecule has 0 saturated carbocycles. The van der Waals surface area contributed by atoms with E-state index in [-0.39, 0.29) is 0 Å². The van der Waals surface area contributed by atoms with Crippen molar-refractivity contribution in [3.8, 4) is 0 Å². The first-order valence-electron chi connectivity index (χ1n) is 3.26. The Bertz CT molecular complexity index is 106. The van der Waals surface area contributed by atoms with Crippen LogP contribution in [0.15, 0.2) is 0 Å². The Morgan fingerprint density at radius 2 is 2.30 bits per heavy atom. The predicted octanol–water partition coefficient (Wildman–Crippen LogP) is 0.0334. The summed E-state index contributed by atoms with van der Waals surface area (Å²) in [6.07, 6.45) is 0. The van der Waals surface area contributed by atoms with Gasteiger partial charge in [0.1, 0.15) is 0 Å². The number of hydrogen-bond acceptors (Lipinski definition) is 2. The highest BCUT2D eigenvalue weighted by molar-refractivity contribution is 5.71. The summed E-state index contributed by atoms with van der Waals surface area (Å²) in [5.41, 5.74) is 4.95. The largest absolute Gasteiger partial charge is 0.380 e. The molecule has 0 unspecified atom stereocenters. The minimum absolute atomic E-state index is 0.417. The molecule has 60 valence electrons. The van der Waals surface area contributed by atoms with E-state index < -0.39 is 6.03 Å². The highest BCUT2D eigenvalue weighted by Gasteiger charge is 2.00. The first kappa shape index (κ1) is 9.23. The Hall–Kier alpha value is -0.770. The second-order valence-corrected chi connectivity index (χ2v) is 1.96. The standard InChI is InChI=1S/C6H14N2O2/c1-3-10-5-4-8(2)6(7)9/h3-5H2,1-2H3,(H2,7,9). The molecule has 4 heteroatoms. The molecule has 0 bridgehead atoms. The van der Waals surface area contributed by atoms with Crippen LogP contribution in [0.5, 0.6) is 0 Å². The van der Waals surface area contributed by atoms with E-state index in [1.807, 2.05) is 6.92 Å². The topological polar surface area (TPSA) is 55.6 Å². The molecular formula is C6H14N2O2. The van der Waals surface area contributed by atoms with Crippen LogP contribution in [-0.4, -0.2) is 37.7 Å². The average Bonchev–Trinajstić information content (AvgIpc) is 1.88. The van der Waals surface area contributed by atoms with Gasteiger partial charge in [0.15, 0.2) is 0 Å². The maximum atomic E-state index is 10.4. The van der Waals surface area contributed by atoms with Gasteiger partial charge in [0.2, 0.25) is 0 Å². The maximum absolute atomic E-state index is 10.4. The lowest BCUT2D eigenvalue weighted by molar-refractivity contribution is 0.128. The number of ether oxygens (including phenoxy) is 1. The molecule has 10 heavy (non-hydrogen) atoms. The summed E-state index contributed by atoms with van der Waals surface area (Å²) in [7, 11) is 1.64. The Kier molecular flexibility index (Phi) is 4.66. The molecule has 0 saturated heterocycles. The van der Waals surface area contributed by atoms with Crippen LogP contribution < -0.4 is 5.73 Å². The number of likely N-dealkylation sites (N-methyl/N-ethyl adjacent to an activating group) is 1. The normalized spacial score (nSPS) is 9.40. The van der Waals surface area contributed by atoms with Gasteiger partial charge in [-0.15, -0.1) is 0 Å². The SMILES string of the molecule is CCOCCN(C)C(N)=O. The number of carbonyl (C=O) groups excluding carboxylic acids is 1. The fourth-order valence-electron chi connectivity index (χ4n) is 0.456. The van der Waals surface area contributed by atoms with Crippen LogP contribution >= 0.6 is 0 Å². The Balaban J connectivity index is 3.21. The zero-order chi connectivity index (χ0) is 7.98. The van der Waals surface area contributed by atoms with Crippen LogP contribution in [0.25, 0.3) is 0 Å². The number of urea groups is 1. The van der Waals surface area contributed by atoms with E-state index in [0.717, 1.165) is 0 Å². The first-order valence-corrected chi connectivity index (χ1v) is 3.26. The second kappa shape index (κ2) is 5.05. The highest BCUT2D eigenvalue weighted by Crippen LogP contribution is 1.81. The molecule has 0 atom stereocenters. The Morgan fingerprint density at radius 3 is 2.70 bits per heavy atom. The molecule has 0 aromatic carbocycles. The van der Waals surface area contributed by atoms with Crippen molar-refractivity contribution in [3.63, 3.8) is 0 Å². The van der Waals surface area contributed by atoms with E-state index in [1.165, 1.54) is 4.90 Å². The molecule has 2 N–H and O–H groups in total. The molecule has 0 aliphatic heterocycles. The second-order valence-electron chi connectivity index (χ2n) is 1.96. The van der Waals surface area contributed by atoms with Gasteiger partial charge in [-0.1, -0.05) is 0 Å². The molecule has 0 aromatic rings. The summed E-state index contributed by atoms with van der Waals surface area (Å²) in [4.78, 5) is 11.8. The minimum Gasteiger partial charge on any atom is -0.380 e. The lowest BCUT2D eigenvalue weighted by atomic mass is 10.6. The summed E-state index contributed by atoms with van der Waals surface area (Å²) in [6.45, 7) is 3.69. The number of primary amides is 1. The molecule has 0 fully saturated rings. The fourth-order valence-corrected chi connectivity index (χ4v) is 0.456. The zero-order valence-electron chi connectivity index (χ0n) is 6.46. The van der Waals surface area contributed by atoms with Crippen LogP contribution in [0.1, 0.15) is 6.92 Å². The van der Waals surface area contributed by atoms with Gasteiger partial charge in [-0.05, 0) is 6.92 Å². The van der Waals surface area contributed by atoms with Crippen molar-refractivity contribution in [2.75, 3.05) is 26.8 Å². The fraction of sp³-hybridized carbons (Fsp3) is 0.833. The van der Waals surface area contributed by atoms with Gasteiger partial charge < -0.3 is 15.4 Å². The third kappa shape index (κ3) is 4.14. The van der Waals surface area contributed by atoms with E-state index >= 15 is 0 Å². The average molecular weight is 146 g/mol. The quantitative estimate of drug-likeness (QED) is 0.569. The smallest absolute Gasteiger partial charge is 0.314 e. The molecule has 0 rings (SSSR count). The first-order chi connectivity index (χ1) is 4.68. The number of nitrogens with two attached hydrogens (primary N) is 1. The molecule has 0 aromatic heterocycles. The third-order valence-corrected chi connectivity index (χ3v) is 1.15. The lowest BCUT2D eigenvalue weighted by Gasteiger charge is -2.12. The Morgan fingerprint density at radius 1 is 1.70 bits per heavy atom. The van der Waals surface area contributed by atoms with Gasteiger partial charge in [0, 0.05) is 20.2 Å². The number of nitrogens with zero attached hydrogens (tertiary/aromatic N) is 1. The van der Waals surface area contributed by atoms with E-state index in [4.69, 9.17) is 10.5 Å². The molecule has 0 aliphatic rings. The van der Waals surface area contributed by atoms with Crippen molar-refractivity contribution in [2.45, 2.75) is 6.92 Å². The van der Waals surface area contributed by atoms with Crippen molar-refractivity contribution in [2.24, 2.45) is 5.73 Å². The van der Waals surface area contributed by atoms with E-state index in [1.54, 1.807) is 7.05 Å². The van der Waals surface area contributed by atoms with E-state index in [9.17, 15) is 4.79 Å². The van der Waals surface area contributed by atoms with Crippen LogP contribution in [0.3, 0.4) is 0 Å². The number of rotatable bonds is 4. The van der Waals surface area contributed by atoms with Crippen molar-refractivity contribution < 1.29 is 9.53 Å². The number of amides is 2. The van der Waals surface area contributed by atoms with Crippen LogP contribution in [0.2, 0.25) is 0 Å². The molecule has 0 aliphatic carbocycles. The lowest BCUT2D eigenvalue weighted by Crippen LogP contribution is -2.34. The third-order valence-electron chi connectivity index (χ3n) is 1.15. The van der Waals surface area contributed by atoms with E-state index in [0.29, 0.717) is 19.8 Å². The van der Waals surface area contributed by atoms with Crippen molar-refractivity contribution in [3.05, 3.63) is 0 Å². The van der Waals surface area contributed by atoms with Crippen LogP contribution in [-0.2, 0) is 4.74 Å². The molecule has 2 amide bonds. The highest BCUT2D eigenvalue weighted by atomic mass is 16.5. The summed E-state index contributed by atoms with van der Waals surface area (Å²) in [5.74, 6) is 0. The van der Waals surface area contributed by atoms with Gasteiger partial charge in [0.25, 0.3) is 0 Å². The summed E-state index contributed by atoms with van der Waals surface area (Å²) in [5, 5.41) is 0. The Labute approximate surface area is 60.9 Å². The summed E-state index contributed by atoms with van der Waals surface area (Å²) < 4.78 is 5.00. The van der Waals surface area contributed by atoms with Crippen molar-refractivity contribution in [1.82, 2.24) is 4.90 Å². The van der Waals surface area contributed by atoms with Gasteiger partial charge in [0.05, 0.1) is 6.61 Å². The van der Waals surface area contributed by atoms with Gasteiger partial charge in [-0.3, -0.25) is 0 Å².